The summed E-state index contributed by atoms with van der Waals surface area (Å²) in [4.78, 5) is 12.1. The average molecular weight is 367 g/mol. The number of halogens is 3. The third kappa shape index (κ3) is 6.66. The third-order valence-electron chi connectivity index (χ3n) is 3.33. The van der Waals surface area contributed by atoms with Gasteiger partial charge in [0.05, 0.1) is 12.5 Å². The second-order valence-corrected chi connectivity index (χ2v) is 5.92. The van der Waals surface area contributed by atoms with Crippen LogP contribution in [0.25, 0.3) is 0 Å². The number of para-hydroxylation sites is 1. The fourth-order valence-electron chi connectivity index (χ4n) is 2.27. The standard InChI is InChI=1S/C19H20F3NO3/c1-13(2)25-17-6-4-3-5-15(17)12-23-18(24)11-14-7-9-16(10-8-14)26-19(20,21)22/h3-10,13H,11-12H2,1-2H3,(H,23,24). The lowest BCUT2D eigenvalue weighted by atomic mass is 10.1. The molecule has 1 N–H and O–H groups in total. The predicted molar refractivity (Wildman–Crippen MR) is 90.9 cm³/mol. The van der Waals surface area contributed by atoms with Crippen molar-refractivity contribution < 1.29 is 27.4 Å². The zero-order valence-corrected chi connectivity index (χ0v) is 14.5. The van der Waals surface area contributed by atoms with Crippen LogP contribution in [0, 0.1) is 0 Å². The Labute approximate surface area is 149 Å². The van der Waals surface area contributed by atoms with Crippen molar-refractivity contribution in [2.45, 2.75) is 39.3 Å². The molecular weight excluding hydrogens is 347 g/mol. The summed E-state index contributed by atoms with van der Waals surface area (Å²) in [6.07, 6.45) is -4.66. The topological polar surface area (TPSA) is 47.6 Å². The van der Waals surface area contributed by atoms with E-state index in [0.717, 1.165) is 5.56 Å². The molecule has 0 aliphatic rings. The predicted octanol–water partition coefficient (Wildman–Crippen LogP) is 4.23. The summed E-state index contributed by atoms with van der Waals surface area (Å²) in [5, 5.41) is 2.78. The summed E-state index contributed by atoms with van der Waals surface area (Å²) in [7, 11) is 0. The molecule has 2 aromatic rings. The Balaban J connectivity index is 1.89. The molecule has 0 spiro atoms. The first kappa shape index (κ1) is 19.6. The maximum Gasteiger partial charge on any atom is 0.573 e. The Morgan fingerprint density at radius 1 is 1.08 bits per heavy atom. The van der Waals surface area contributed by atoms with Crippen LogP contribution in [-0.2, 0) is 17.8 Å². The Morgan fingerprint density at radius 2 is 1.73 bits per heavy atom. The van der Waals surface area contributed by atoms with Crippen molar-refractivity contribution in [3.05, 3.63) is 59.7 Å². The molecule has 2 rings (SSSR count). The molecule has 4 nitrogen and oxygen atoms in total. The van der Waals surface area contributed by atoms with Gasteiger partial charge in [-0.1, -0.05) is 30.3 Å². The van der Waals surface area contributed by atoms with Crippen molar-refractivity contribution in [2.75, 3.05) is 0 Å². The van der Waals surface area contributed by atoms with Gasteiger partial charge in [0.2, 0.25) is 5.91 Å². The maximum absolute atomic E-state index is 12.1. The third-order valence-corrected chi connectivity index (χ3v) is 3.33. The van der Waals surface area contributed by atoms with Crippen LogP contribution in [0.5, 0.6) is 11.5 Å². The van der Waals surface area contributed by atoms with E-state index in [1.54, 1.807) is 0 Å². The average Bonchev–Trinajstić information content (AvgIpc) is 2.54. The van der Waals surface area contributed by atoms with Crippen molar-refractivity contribution in [1.29, 1.82) is 0 Å². The molecule has 0 bridgehead atoms. The van der Waals surface area contributed by atoms with Crippen LogP contribution in [0.3, 0.4) is 0 Å². The van der Waals surface area contributed by atoms with Gasteiger partial charge in [0, 0.05) is 12.1 Å². The van der Waals surface area contributed by atoms with Gasteiger partial charge in [-0.25, -0.2) is 0 Å². The number of rotatable bonds is 7. The second-order valence-electron chi connectivity index (χ2n) is 5.92. The Kier molecular flexibility index (Phi) is 6.49. The first-order valence-corrected chi connectivity index (χ1v) is 8.09. The van der Waals surface area contributed by atoms with E-state index in [1.807, 2.05) is 38.1 Å². The highest BCUT2D eigenvalue weighted by molar-refractivity contribution is 5.78. The summed E-state index contributed by atoms with van der Waals surface area (Å²) < 4.78 is 45.9. The molecule has 0 aliphatic heterocycles. The van der Waals surface area contributed by atoms with E-state index in [4.69, 9.17) is 4.74 Å². The lowest BCUT2D eigenvalue weighted by molar-refractivity contribution is -0.274. The molecular formula is C19H20F3NO3. The summed E-state index contributed by atoms with van der Waals surface area (Å²) in [6, 6.07) is 12.6. The van der Waals surface area contributed by atoms with Gasteiger partial charge >= 0.3 is 6.36 Å². The molecule has 0 radical (unpaired) electrons. The summed E-state index contributed by atoms with van der Waals surface area (Å²) in [5.41, 5.74) is 1.44. The maximum atomic E-state index is 12.1. The highest BCUT2D eigenvalue weighted by Gasteiger charge is 2.30. The van der Waals surface area contributed by atoms with Crippen LogP contribution in [-0.4, -0.2) is 18.4 Å². The minimum Gasteiger partial charge on any atom is -0.491 e. The molecule has 140 valence electrons. The van der Waals surface area contributed by atoms with E-state index in [0.29, 0.717) is 17.9 Å². The number of ether oxygens (including phenoxy) is 2. The number of hydrogen-bond acceptors (Lipinski definition) is 3. The van der Waals surface area contributed by atoms with Crippen LogP contribution in [0.2, 0.25) is 0 Å². The monoisotopic (exact) mass is 367 g/mol. The van der Waals surface area contributed by atoms with Crippen molar-refractivity contribution in [3.63, 3.8) is 0 Å². The van der Waals surface area contributed by atoms with E-state index in [-0.39, 0.29) is 24.2 Å². The van der Waals surface area contributed by atoms with Crippen molar-refractivity contribution in [2.24, 2.45) is 0 Å². The van der Waals surface area contributed by atoms with Gasteiger partial charge in [-0.2, -0.15) is 0 Å². The van der Waals surface area contributed by atoms with Crippen LogP contribution in [0.4, 0.5) is 13.2 Å². The van der Waals surface area contributed by atoms with Crippen molar-refractivity contribution in [3.8, 4) is 11.5 Å². The molecule has 0 saturated heterocycles. The van der Waals surface area contributed by atoms with E-state index < -0.39 is 6.36 Å². The van der Waals surface area contributed by atoms with Crippen LogP contribution in [0.15, 0.2) is 48.5 Å². The lowest BCUT2D eigenvalue weighted by Gasteiger charge is -2.14. The fraction of sp³-hybridized carbons (Fsp3) is 0.316. The molecule has 0 saturated carbocycles. The quantitative estimate of drug-likeness (QED) is 0.797. The van der Waals surface area contributed by atoms with Crippen LogP contribution in [0.1, 0.15) is 25.0 Å². The lowest BCUT2D eigenvalue weighted by Crippen LogP contribution is -2.25. The largest absolute Gasteiger partial charge is 0.573 e. The number of carbonyl (C=O) groups is 1. The van der Waals surface area contributed by atoms with Crippen molar-refractivity contribution in [1.82, 2.24) is 5.32 Å². The molecule has 0 heterocycles. The second kappa shape index (κ2) is 8.60. The molecule has 0 atom stereocenters. The van der Waals surface area contributed by atoms with Crippen LogP contribution >= 0.6 is 0 Å². The molecule has 1 amide bonds. The Morgan fingerprint density at radius 3 is 2.35 bits per heavy atom. The van der Waals surface area contributed by atoms with Gasteiger partial charge in [0.25, 0.3) is 0 Å². The summed E-state index contributed by atoms with van der Waals surface area (Å²) >= 11 is 0. The first-order chi connectivity index (χ1) is 12.2. The Hall–Kier alpha value is -2.70. The minimum absolute atomic E-state index is 0.0179. The van der Waals surface area contributed by atoms with E-state index in [9.17, 15) is 18.0 Å². The Bertz CT molecular complexity index is 728. The van der Waals surface area contributed by atoms with Gasteiger partial charge in [-0.3, -0.25) is 4.79 Å². The molecule has 2 aromatic carbocycles. The normalized spacial score (nSPS) is 11.3. The minimum atomic E-state index is -4.73. The smallest absolute Gasteiger partial charge is 0.491 e. The SMILES string of the molecule is CC(C)Oc1ccccc1CNC(=O)Cc1ccc(OC(F)(F)F)cc1. The summed E-state index contributed by atoms with van der Waals surface area (Å²) in [6.45, 7) is 4.14. The molecule has 7 heteroatoms. The zero-order chi connectivity index (χ0) is 19.2. The number of alkyl halides is 3. The number of nitrogens with one attached hydrogen (secondary N) is 1. The number of carbonyl (C=O) groups excluding carboxylic acids is 1. The zero-order valence-electron chi connectivity index (χ0n) is 14.5. The molecule has 0 fully saturated rings. The van der Waals surface area contributed by atoms with Crippen molar-refractivity contribution >= 4 is 5.91 Å². The highest BCUT2D eigenvalue weighted by atomic mass is 19.4. The molecule has 26 heavy (non-hydrogen) atoms. The first-order valence-electron chi connectivity index (χ1n) is 8.09. The van der Waals surface area contributed by atoms with E-state index >= 15 is 0 Å². The van der Waals surface area contributed by atoms with Gasteiger partial charge < -0.3 is 14.8 Å². The number of hydrogen-bond donors (Lipinski definition) is 1. The van der Waals surface area contributed by atoms with E-state index in [2.05, 4.69) is 10.1 Å². The summed E-state index contributed by atoms with van der Waals surface area (Å²) in [5.74, 6) is 0.145. The molecule has 0 aliphatic carbocycles. The number of benzene rings is 2. The molecule has 0 unspecified atom stereocenters. The van der Waals surface area contributed by atoms with Crippen LogP contribution < -0.4 is 14.8 Å². The highest BCUT2D eigenvalue weighted by Crippen LogP contribution is 2.23. The van der Waals surface area contributed by atoms with Gasteiger partial charge in [-0.15, -0.1) is 13.2 Å². The van der Waals surface area contributed by atoms with Gasteiger partial charge in [0.15, 0.2) is 0 Å². The molecule has 0 aromatic heterocycles. The number of amides is 1. The fourth-order valence-corrected chi connectivity index (χ4v) is 2.27. The van der Waals surface area contributed by atoms with Gasteiger partial charge in [-0.05, 0) is 37.6 Å². The van der Waals surface area contributed by atoms with Gasteiger partial charge in [0.1, 0.15) is 11.5 Å². The van der Waals surface area contributed by atoms with E-state index in [1.165, 1.54) is 24.3 Å².